The van der Waals surface area contributed by atoms with Gasteiger partial charge in [0.25, 0.3) is 0 Å². The van der Waals surface area contributed by atoms with Gasteiger partial charge in [-0.3, -0.25) is 0 Å². The van der Waals surface area contributed by atoms with Crippen LogP contribution >= 0.6 is 11.3 Å². The van der Waals surface area contributed by atoms with E-state index < -0.39 is 10.0 Å². The van der Waals surface area contributed by atoms with Gasteiger partial charge in [0.2, 0.25) is 10.0 Å². The Morgan fingerprint density at radius 3 is 2.74 bits per heavy atom. The highest BCUT2D eigenvalue weighted by atomic mass is 32.2. The number of nitrogens with two attached hydrogens (primary N) is 1. The summed E-state index contributed by atoms with van der Waals surface area (Å²) in [5, 5.41) is 5.89. The van der Waals surface area contributed by atoms with Crippen LogP contribution in [0.2, 0.25) is 0 Å². The molecule has 1 aliphatic heterocycles. The molecule has 19 heavy (non-hydrogen) atoms. The van der Waals surface area contributed by atoms with Crippen molar-refractivity contribution in [2.45, 2.75) is 37.3 Å². The third-order valence-electron chi connectivity index (χ3n) is 3.74. The Balaban J connectivity index is 2.08. The number of thiazole rings is 1. The van der Waals surface area contributed by atoms with Crippen LogP contribution in [0.15, 0.2) is 10.4 Å². The number of hydrogen-bond donors (Lipinski definition) is 1. The van der Waals surface area contributed by atoms with Gasteiger partial charge < -0.3 is 4.90 Å². The molecule has 0 aromatic carbocycles. The van der Waals surface area contributed by atoms with Crippen molar-refractivity contribution in [3.05, 3.63) is 6.20 Å². The van der Waals surface area contributed by atoms with Crippen LogP contribution < -0.4 is 10.0 Å². The van der Waals surface area contributed by atoms with E-state index in [1.54, 1.807) is 0 Å². The van der Waals surface area contributed by atoms with Crippen molar-refractivity contribution in [3.63, 3.8) is 0 Å². The standard InChI is InChI=1S/C12H21N3O2S2/c1-9(2)10-4-3-6-15(7-5-10)12-14-8-11(18-12)19(13,16)17/h8-10H,3-7H2,1-2H3,(H2,13,16,17)/t10-/m1/s1. The molecule has 7 heteroatoms. The van der Waals surface area contributed by atoms with Crippen molar-refractivity contribution in [1.29, 1.82) is 0 Å². The van der Waals surface area contributed by atoms with Crippen LogP contribution in [0.4, 0.5) is 5.13 Å². The molecular weight excluding hydrogens is 282 g/mol. The zero-order valence-corrected chi connectivity index (χ0v) is 13.0. The molecule has 0 amide bonds. The largest absolute Gasteiger partial charge is 0.348 e. The predicted molar refractivity (Wildman–Crippen MR) is 77.9 cm³/mol. The zero-order valence-electron chi connectivity index (χ0n) is 11.4. The number of primary sulfonamides is 1. The van der Waals surface area contributed by atoms with E-state index in [4.69, 9.17) is 5.14 Å². The molecule has 5 nitrogen and oxygen atoms in total. The summed E-state index contributed by atoms with van der Waals surface area (Å²) < 4.78 is 22.7. The fourth-order valence-electron chi connectivity index (χ4n) is 2.51. The topological polar surface area (TPSA) is 76.3 Å². The first-order valence-electron chi connectivity index (χ1n) is 6.61. The number of hydrogen-bond acceptors (Lipinski definition) is 5. The second-order valence-electron chi connectivity index (χ2n) is 5.43. The lowest BCUT2D eigenvalue weighted by Gasteiger charge is -2.20. The molecule has 1 aromatic rings. The quantitative estimate of drug-likeness (QED) is 0.927. The third-order valence-corrected chi connectivity index (χ3v) is 6.20. The number of nitrogens with zero attached hydrogens (tertiary/aromatic N) is 2. The fourth-order valence-corrected chi connectivity index (χ4v) is 4.10. The average molecular weight is 303 g/mol. The van der Waals surface area contributed by atoms with Gasteiger partial charge in [-0.2, -0.15) is 0 Å². The summed E-state index contributed by atoms with van der Waals surface area (Å²) in [6.45, 7) is 6.42. The first-order chi connectivity index (χ1) is 8.88. The van der Waals surface area contributed by atoms with Gasteiger partial charge in [-0.1, -0.05) is 25.2 Å². The molecule has 0 aliphatic carbocycles. The van der Waals surface area contributed by atoms with E-state index in [-0.39, 0.29) is 4.21 Å². The molecule has 2 N–H and O–H groups in total. The molecule has 108 valence electrons. The molecule has 1 aromatic heterocycles. The summed E-state index contributed by atoms with van der Waals surface area (Å²) in [6, 6.07) is 0. The minimum absolute atomic E-state index is 0.146. The van der Waals surface area contributed by atoms with Crippen molar-refractivity contribution in [2.24, 2.45) is 17.0 Å². The fraction of sp³-hybridized carbons (Fsp3) is 0.750. The van der Waals surface area contributed by atoms with Crippen LogP contribution in [-0.4, -0.2) is 26.5 Å². The molecule has 0 saturated carbocycles. The summed E-state index contributed by atoms with van der Waals surface area (Å²) >= 11 is 1.17. The molecule has 1 aliphatic rings. The summed E-state index contributed by atoms with van der Waals surface area (Å²) in [4.78, 5) is 6.39. The van der Waals surface area contributed by atoms with E-state index in [9.17, 15) is 8.42 Å². The third kappa shape index (κ3) is 3.67. The number of aromatic nitrogens is 1. The lowest BCUT2D eigenvalue weighted by atomic mass is 9.89. The van der Waals surface area contributed by atoms with E-state index in [1.807, 2.05) is 0 Å². The normalized spacial score (nSPS) is 21.7. The van der Waals surface area contributed by atoms with Crippen LogP contribution in [0.25, 0.3) is 0 Å². The molecule has 1 fully saturated rings. The van der Waals surface area contributed by atoms with E-state index >= 15 is 0 Å². The lowest BCUT2D eigenvalue weighted by Crippen LogP contribution is -2.24. The van der Waals surface area contributed by atoms with Gasteiger partial charge in [-0.25, -0.2) is 18.5 Å². The summed E-state index contributed by atoms with van der Waals surface area (Å²) in [5.41, 5.74) is 0. The molecular formula is C12H21N3O2S2. The van der Waals surface area contributed by atoms with Gasteiger partial charge in [-0.05, 0) is 31.1 Å². The van der Waals surface area contributed by atoms with Gasteiger partial charge in [0.1, 0.15) is 0 Å². The Labute approximate surface area is 118 Å². The number of anilines is 1. The van der Waals surface area contributed by atoms with Crippen LogP contribution in [-0.2, 0) is 10.0 Å². The molecule has 2 heterocycles. The number of sulfonamides is 1. The highest BCUT2D eigenvalue weighted by molar-refractivity contribution is 7.91. The first kappa shape index (κ1) is 14.7. The minimum atomic E-state index is -3.62. The van der Waals surface area contributed by atoms with Gasteiger partial charge in [0.05, 0.1) is 6.20 Å². The van der Waals surface area contributed by atoms with Crippen molar-refractivity contribution in [2.75, 3.05) is 18.0 Å². The molecule has 0 bridgehead atoms. The van der Waals surface area contributed by atoms with Crippen molar-refractivity contribution in [1.82, 2.24) is 4.98 Å². The molecule has 1 saturated heterocycles. The molecule has 2 rings (SSSR count). The van der Waals surface area contributed by atoms with Crippen LogP contribution in [0.5, 0.6) is 0 Å². The maximum absolute atomic E-state index is 11.3. The van der Waals surface area contributed by atoms with Gasteiger partial charge in [0.15, 0.2) is 9.34 Å². The smallest absolute Gasteiger partial charge is 0.249 e. The van der Waals surface area contributed by atoms with Crippen LogP contribution in [0.3, 0.4) is 0 Å². The van der Waals surface area contributed by atoms with E-state index in [1.165, 1.54) is 24.0 Å². The molecule has 0 spiro atoms. The Kier molecular flexibility index (Phi) is 4.47. The Morgan fingerprint density at radius 1 is 1.42 bits per heavy atom. The Bertz CT molecular complexity index is 525. The van der Waals surface area contributed by atoms with Gasteiger partial charge >= 0.3 is 0 Å². The average Bonchev–Trinajstić information content (AvgIpc) is 2.67. The predicted octanol–water partition coefficient (Wildman–Crippen LogP) is 2.05. The SMILES string of the molecule is CC(C)[C@@H]1CCCN(c2ncc(S(N)(=O)=O)s2)CC1. The van der Waals surface area contributed by atoms with Crippen molar-refractivity contribution < 1.29 is 8.42 Å². The second-order valence-corrected chi connectivity index (χ2v) is 8.23. The zero-order chi connectivity index (χ0) is 14.0. The summed E-state index contributed by atoms with van der Waals surface area (Å²) in [5.74, 6) is 1.46. The minimum Gasteiger partial charge on any atom is -0.348 e. The van der Waals surface area contributed by atoms with E-state index in [0.717, 1.165) is 37.0 Å². The lowest BCUT2D eigenvalue weighted by molar-refractivity contribution is 0.351. The Morgan fingerprint density at radius 2 is 2.16 bits per heavy atom. The second kappa shape index (κ2) is 5.76. The highest BCUT2D eigenvalue weighted by Crippen LogP contribution is 2.30. The summed E-state index contributed by atoms with van der Waals surface area (Å²) in [7, 11) is -3.62. The molecule has 1 atom stereocenters. The van der Waals surface area contributed by atoms with E-state index in [0.29, 0.717) is 5.92 Å². The maximum Gasteiger partial charge on any atom is 0.249 e. The van der Waals surface area contributed by atoms with Crippen LogP contribution in [0, 0.1) is 11.8 Å². The summed E-state index contributed by atoms with van der Waals surface area (Å²) in [6.07, 6.45) is 4.87. The maximum atomic E-state index is 11.3. The first-order valence-corrected chi connectivity index (χ1v) is 8.98. The molecule has 0 radical (unpaired) electrons. The van der Waals surface area contributed by atoms with Gasteiger partial charge in [-0.15, -0.1) is 0 Å². The van der Waals surface area contributed by atoms with Crippen molar-refractivity contribution in [3.8, 4) is 0 Å². The monoisotopic (exact) mass is 303 g/mol. The van der Waals surface area contributed by atoms with Crippen LogP contribution in [0.1, 0.15) is 33.1 Å². The van der Waals surface area contributed by atoms with Crippen molar-refractivity contribution >= 4 is 26.5 Å². The van der Waals surface area contributed by atoms with Gasteiger partial charge in [0, 0.05) is 13.1 Å². The van der Waals surface area contributed by atoms with E-state index in [2.05, 4.69) is 23.7 Å². The Hall–Kier alpha value is -0.660. The highest BCUT2D eigenvalue weighted by Gasteiger charge is 2.22. The molecule has 0 unspecified atom stereocenters. The number of rotatable bonds is 3.